The highest BCUT2D eigenvalue weighted by molar-refractivity contribution is 7.15. The van der Waals surface area contributed by atoms with Gasteiger partial charge in [0.25, 0.3) is 11.6 Å². The number of anilines is 1. The van der Waals surface area contributed by atoms with E-state index < -0.39 is 10.8 Å². The number of nitro groups is 1. The second kappa shape index (κ2) is 9.47. The second-order valence-corrected chi connectivity index (χ2v) is 7.20. The summed E-state index contributed by atoms with van der Waals surface area (Å²) in [5.74, 6) is -0.726. The predicted molar refractivity (Wildman–Crippen MR) is 112 cm³/mol. The molecule has 2 N–H and O–H groups in total. The van der Waals surface area contributed by atoms with Crippen molar-refractivity contribution in [1.29, 1.82) is 0 Å². The number of non-ortho nitro benzene ring substituents is 1. The van der Waals surface area contributed by atoms with Gasteiger partial charge < -0.3 is 0 Å². The minimum absolute atomic E-state index is 0.0299. The third-order valence-electron chi connectivity index (χ3n) is 3.82. The van der Waals surface area contributed by atoms with Gasteiger partial charge in [0, 0.05) is 17.7 Å². The molecule has 0 saturated heterocycles. The summed E-state index contributed by atoms with van der Waals surface area (Å²) in [5.41, 5.74) is 4.46. The molecule has 10 nitrogen and oxygen atoms in total. The van der Waals surface area contributed by atoms with Crippen molar-refractivity contribution in [2.75, 3.05) is 5.32 Å². The first-order valence-corrected chi connectivity index (χ1v) is 9.49. The molecular weight excluding hydrogens is 408 g/mol. The first-order chi connectivity index (χ1) is 14.4. The Kier molecular flexibility index (Phi) is 6.55. The van der Waals surface area contributed by atoms with Crippen molar-refractivity contribution >= 4 is 40.2 Å². The summed E-state index contributed by atoms with van der Waals surface area (Å²) in [5, 5.41) is 25.5. The topological polar surface area (TPSA) is 139 Å². The monoisotopic (exact) mass is 424 g/mol. The molecule has 152 valence electrons. The molecule has 1 heterocycles. The SMILES string of the molecule is Cc1ccc(C(=O)Nc2nnc(CC(=O)N/N=C/c3ccc([N+](=O)[O-])cc3)s2)cc1. The van der Waals surface area contributed by atoms with E-state index in [0.717, 1.165) is 16.9 Å². The Bertz CT molecular complexity index is 1090. The van der Waals surface area contributed by atoms with Crippen LogP contribution >= 0.6 is 11.3 Å². The van der Waals surface area contributed by atoms with Crippen molar-refractivity contribution < 1.29 is 14.5 Å². The van der Waals surface area contributed by atoms with E-state index in [9.17, 15) is 19.7 Å². The molecule has 0 spiro atoms. The number of hydrogen-bond donors (Lipinski definition) is 2. The van der Waals surface area contributed by atoms with Crippen LogP contribution in [0.4, 0.5) is 10.8 Å². The molecule has 11 heteroatoms. The van der Waals surface area contributed by atoms with Crippen LogP contribution in [-0.2, 0) is 11.2 Å². The molecule has 0 radical (unpaired) electrons. The normalized spacial score (nSPS) is 10.7. The summed E-state index contributed by atoms with van der Waals surface area (Å²) >= 11 is 1.09. The Morgan fingerprint density at radius 3 is 2.50 bits per heavy atom. The molecule has 0 fully saturated rings. The minimum Gasteiger partial charge on any atom is -0.296 e. The maximum Gasteiger partial charge on any atom is 0.269 e. The van der Waals surface area contributed by atoms with Gasteiger partial charge in [0.1, 0.15) is 5.01 Å². The van der Waals surface area contributed by atoms with E-state index in [4.69, 9.17) is 0 Å². The third kappa shape index (κ3) is 5.75. The summed E-state index contributed by atoms with van der Waals surface area (Å²) < 4.78 is 0. The van der Waals surface area contributed by atoms with Crippen LogP contribution in [-0.4, -0.2) is 33.1 Å². The molecule has 0 atom stereocenters. The smallest absolute Gasteiger partial charge is 0.269 e. The molecule has 0 bridgehead atoms. The zero-order valence-corrected chi connectivity index (χ0v) is 16.5. The van der Waals surface area contributed by atoms with Gasteiger partial charge in [-0.25, -0.2) is 5.43 Å². The highest BCUT2D eigenvalue weighted by atomic mass is 32.1. The van der Waals surface area contributed by atoms with E-state index >= 15 is 0 Å². The molecule has 1 aromatic heterocycles. The second-order valence-electron chi connectivity index (χ2n) is 6.14. The van der Waals surface area contributed by atoms with Gasteiger partial charge in [0.2, 0.25) is 11.0 Å². The number of nitrogens with one attached hydrogen (secondary N) is 2. The van der Waals surface area contributed by atoms with Gasteiger partial charge in [-0.2, -0.15) is 5.10 Å². The van der Waals surface area contributed by atoms with Crippen LogP contribution in [0.15, 0.2) is 53.6 Å². The Balaban J connectivity index is 1.50. The first kappa shape index (κ1) is 20.7. The number of nitrogens with zero attached hydrogens (tertiary/aromatic N) is 4. The van der Waals surface area contributed by atoms with Gasteiger partial charge in [0.15, 0.2) is 0 Å². The molecule has 0 unspecified atom stereocenters. The standard InChI is InChI=1S/C19H16N6O4S/c1-12-2-6-14(7-3-12)18(27)21-19-24-23-17(30-19)10-16(26)22-20-11-13-4-8-15(9-5-13)25(28)29/h2-9,11H,10H2,1H3,(H,22,26)(H,21,24,27)/b20-11+. The Morgan fingerprint density at radius 2 is 1.83 bits per heavy atom. The lowest BCUT2D eigenvalue weighted by atomic mass is 10.1. The first-order valence-electron chi connectivity index (χ1n) is 8.67. The molecule has 3 rings (SSSR count). The van der Waals surface area contributed by atoms with Gasteiger partial charge in [-0.1, -0.05) is 29.0 Å². The molecular formula is C19H16N6O4S. The van der Waals surface area contributed by atoms with E-state index in [1.165, 1.54) is 30.5 Å². The van der Waals surface area contributed by atoms with Crippen molar-refractivity contribution in [3.63, 3.8) is 0 Å². The fourth-order valence-corrected chi connectivity index (χ4v) is 3.02. The maximum atomic E-state index is 12.2. The van der Waals surface area contributed by atoms with Crippen molar-refractivity contribution in [3.8, 4) is 0 Å². The number of aryl methyl sites for hydroxylation is 1. The number of hydrogen-bond acceptors (Lipinski definition) is 8. The number of hydrazone groups is 1. The minimum atomic E-state index is -0.498. The van der Waals surface area contributed by atoms with Crippen LogP contribution in [0.3, 0.4) is 0 Å². The molecule has 3 aromatic rings. The van der Waals surface area contributed by atoms with Crippen molar-refractivity contribution in [3.05, 3.63) is 80.3 Å². The van der Waals surface area contributed by atoms with E-state index in [1.807, 2.05) is 19.1 Å². The van der Waals surface area contributed by atoms with Crippen molar-refractivity contribution in [2.45, 2.75) is 13.3 Å². The van der Waals surface area contributed by atoms with E-state index in [0.29, 0.717) is 16.1 Å². The van der Waals surface area contributed by atoms with E-state index in [-0.39, 0.29) is 23.1 Å². The lowest BCUT2D eigenvalue weighted by Gasteiger charge is -2.01. The molecule has 0 aliphatic carbocycles. The molecule has 0 saturated carbocycles. The summed E-state index contributed by atoms with van der Waals surface area (Å²) in [6.07, 6.45) is 1.31. The van der Waals surface area contributed by atoms with Crippen LogP contribution in [0.5, 0.6) is 0 Å². The maximum absolute atomic E-state index is 12.2. The predicted octanol–water partition coefficient (Wildman–Crippen LogP) is 2.70. The fraction of sp³-hybridized carbons (Fsp3) is 0.105. The van der Waals surface area contributed by atoms with Gasteiger partial charge >= 0.3 is 0 Å². The number of amides is 2. The zero-order chi connectivity index (χ0) is 21.5. The average Bonchev–Trinajstić information content (AvgIpc) is 3.15. The molecule has 30 heavy (non-hydrogen) atoms. The Labute approximate surface area is 174 Å². The fourth-order valence-electron chi connectivity index (χ4n) is 2.29. The van der Waals surface area contributed by atoms with Crippen LogP contribution in [0.1, 0.15) is 26.5 Å². The van der Waals surface area contributed by atoms with Gasteiger partial charge in [-0.05, 0) is 36.8 Å². The average molecular weight is 424 g/mol. The molecule has 0 aliphatic heterocycles. The number of rotatable bonds is 7. The van der Waals surface area contributed by atoms with E-state index in [1.54, 1.807) is 12.1 Å². The third-order valence-corrected chi connectivity index (χ3v) is 4.66. The number of carbonyl (C=O) groups is 2. The summed E-state index contributed by atoms with van der Waals surface area (Å²) in [4.78, 5) is 34.3. The van der Waals surface area contributed by atoms with Crippen molar-refractivity contribution in [1.82, 2.24) is 15.6 Å². The number of aromatic nitrogens is 2. The lowest BCUT2D eigenvalue weighted by molar-refractivity contribution is -0.384. The van der Waals surface area contributed by atoms with Gasteiger partial charge in [-0.15, -0.1) is 10.2 Å². The summed E-state index contributed by atoms with van der Waals surface area (Å²) in [7, 11) is 0. The molecule has 2 aromatic carbocycles. The highest BCUT2D eigenvalue weighted by Crippen LogP contribution is 2.17. The van der Waals surface area contributed by atoms with Crippen LogP contribution < -0.4 is 10.7 Å². The number of carbonyl (C=O) groups excluding carboxylic acids is 2. The van der Waals surface area contributed by atoms with E-state index in [2.05, 4.69) is 26.0 Å². The Hall–Kier alpha value is -3.99. The van der Waals surface area contributed by atoms with Crippen LogP contribution in [0.2, 0.25) is 0 Å². The van der Waals surface area contributed by atoms with Gasteiger partial charge in [-0.3, -0.25) is 25.0 Å². The molecule has 2 amide bonds. The van der Waals surface area contributed by atoms with Gasteiger partial charge in [0.05, 0.1) is 17.6 Å². The number of nitro benzene ring substituents is 1. The zero-order valence-electron chi connectivity index (χ0n) is 15.7. The molecule has 0 aliphatic rings. The summed E-state index contributed by atoms with van der Waals surface area (Å²) in [6, 6.07) is 12.8. The highest BCUT2D eigenvalue weighted by Gasteiger charge is 2.12. The van der Waals surface area contributed by atoms with Crippen LogP contribution in [0, 0.1) is 17.0 Å². The number of benzene rings is 2. The largest absolute Gasteiger partial charge is 0.296 e. The van der Waals surface area contributed by atoms with Crippen LogP contribution in [0.25, 0.3) is 0 Å². The van der Waals surface area contributed by atoms with Crippen molar-refractivity contribution in [2.24, 2.45) is 5.10 Å². The summed E-state index contributed by atoms with van der Waals surface area (Å²) in [6.45, 7) is 1.93. The quantitative estimate of drug-likeness (QED) is 0.339. The Morgan fingerprint density at radius 1 is 1.13 bits per heavy atom. The lowest BCUT2D eigenvalue weighted by Crippen LogP contribution is -2.19.